The Kier molecular flexibility index (Phi) is 5.29. The first kappa shape index (κ1) is 17.8. The van der Waals surface area contributed by atoms with Crippen molar-refractivity contribution in [3.63, 3.8) is 0 Å². The monoisotopic (exact) mass is 332 g/mol. The Morgan fingerprint density at radius 1 is 1.10 bits per heavy atom. The quantitative estimate of drug-likeness (QED) is 0.779. The Labute approximate surface area is 118 Å². The average molecular weight is 332 g/mol. The van der Waals surface area contributed by atoms with Gasteiger partial charge in [0, 0.05) is 0 Å². The lowest BCUT2D eigenvalue weighted by Gasteiger charge is -2.16. The largest absolute Gasteiger partial charge is 0.416 e. The molecule has 0 radical (unpaired) electrons. The summed E-state index contributed by atoms with van der Waals surface area (Å²) >= 11 is 0. The normalized spacial score (nSPS) is 13.4. The van der Waals surface area contributed by atoms with Gasteiger partial charge >= 0.3 is 6.18 Å². The molecule has 0 saturated carbocycles. The van der Waals surface area contributed by atoms with E-state index in [0.717, 1.165) is 18.2 Å². The predicted octanol–water partition coefficient (Wildman–Crippen LogP) is 1.72. The molecule has 0 saturated heterocycles. The molecule has 1 aromatic rings. The molecule has 4 nitrogen and oxygen atoms in total. The first-order valence-electron chi connectivity index (χ1n) is 5.67. The van der Waals surface area contributed by atoms with E-state index in [4.69, 9.17) is 5.73 Å². The second-order valence-corrected chi connectivity index (χ2v) is 6.10. The van der Waals surface area contributed by atoms with Crippen molar-refractivity contribution in [2.45, 2.75) is 17.9 Å². The third-order valence-electron chi connectivity index (χ3n) is 2.52. The first-order valence-corrected chi connectivity index (χ1v) is 7.32. The zero-order valence-corrected chi connectivity index (χ0v) is 11.4. The second-order valence-electron chi connectivity index (χ2n) is 4.30. The zero-order valence-electron chi connectivity index (χ0n) is 10.6. The molecule has 0 amide bonds. The number of halogens is 5. The van der Waals surface area contributed by atoms with Crippen LogP contribution < -0.4 is 10.5 Å². The lowest BCUT2D eigenvalue weighted by atomic mass is 10.1. The van der Waals surface area contributed by atoms with Crippen LogP contribution in [0, 0.1) is 0 Å². The van der Waals surface area contributed by atoms with Gasteiger partial charge in [0.1, 0.15) is 0 Å². The van der Waals surface area contributed by atoms with Crippen LogP contribution in [-0.4, -0.2) is 27.4 Å². The molecule has 0 aliphatic rings. The lowest BCUT2D eigenvalue weighted by molar-refractivity contribution is -0.138. The Morgan fingerprint density at radius 2 is 1.67 bits per heavy atom. The molecule has 10 heteroatoms. The summed E-state index contributed by atoms with van der Waals surface area (Å²) in [5, 5.41) is 0. The standard InChI is InChI=1S/C11H13F5N2O2S/c12-10(13,6-17)7-18-21(19,20)5-8-3-1-2-4-9(8)11(14,15)16/h1-4,18H,5-7,17H2. The van der Waals surface area contributed by atoms with E-state index in [2.05, 4.69) is 0 Å². The fourth-order valence-corrected chi connectivity index (χ4v) is 2.66. The number of nitrogens with two attached hydrogens (primary N) is 1. The van der Waals surface area contributed by atoms with Crippen LogP contribution in [0.4, 0.5) is 22.0 Å². The van der Waals surface area contributed by atoms with Crippen molar-refractivity contribution >= 4 is 10.0 Å². The second kappa shape index (κ2) is 6.24. The van der Waals surface area contributed by atoms with Crippen LogP contribution in [0.25, 0.3) is 0 Å². The highest BCUT2D eigenvalue weighted by atomic mass is 32.2. The molecular formula is C11H13F5N2O2S. The number of sulfonamides is 1. The fraction of sp³-hybridized carbons (Fsp3) is 0.455. The van der Waals surface area contributed by atoms with Gasteiger partial charge in [-0.25, -0.2) is 21.9 Å². The lowest BCUT2D eigenvalue weighted by Crippen LogP contribution is -2.41. The van der Waals surface area contributed by atoms with E-state index in [0.29, 0.717) is 0 Å². The van der Waals surface area contributed by atoms with Crippen molar-refractivity contribution in [3.05, 3.63) is 35.4 Å². The predicted molar refractivity (Wildman–Crippen MR) is 66.1 cm³/mol. The molecule has 0 atom stereocenters. The maximum Gasteiger partial charge on any atom is 0.416 e. The SMILES string of the molecule is NCC(F)(F)CNS(=O)(=O)Cc1ccccc1C(F)(F)F. The summed E-state index contributed by atoms with van der Waals surface area (Å²) in [6.45, 7) is -2.34. The Hall–Kier alpha value is -1.26. The highest BCUT2D eigenvalue weighted by molar-refractivity contribution is 7.88. The van der Waals surface area contributed by atoms with Gasteiger partial charge < -0.3 is 5.73 Å². The summed E-state index contributed by atoms with van der Waals surface area (Å²) in [5.41, 5.74) is 3.09. The molecule has 0 unspecified atom stereocenters. The van der Waals surface area contributed by atoms with Crippen molar-refractivity contribution in [1.82, 2.24) is 4.72 Å². The third kappa shape index (κ3) is 5.56. The minimum atomic E-state index is -4.73. The highest BCUT2D eigenvalue weighted by Crippen LogP contribution is 2.32. The average Bonchev–Trinajstić information content (AvgIpc) is 2.36. The Morgan fingerprint density at radius 3 is 2.19 bits per heavy atom. The summed E-state index contributed by atoms with van der Waals surface area (Å²) in [5.74, 6) is -4.51. The molecule has 1 rings (SSSR count). The van der Waals surface area contributed by atoms with Gasteiger partial charge in [0.15, 0.2) is 0 Å². The zero-order chi connectivity index (χ0) is 16.3. The van der Waals surface area contributed by atoms with Crippen molar-refractivity contribution < 1.29 is 30.4 Å². The van der Waals surface area contributed by atoms with E-state index >= 15 is 0 Å². The van der Waals surface area contributed by atoms with E-state index in [1.54, 1.807) is 4.72 Å². The molecule has 0 aliphatic carbocycles. The van der Waals surface area contributed by atoms with Crippen molar-refractivity contribution in [2.24, 2.45) is 5.73 Å². The summed E-state index contributed by atoms with van der Waals surface area (Å²) in [6.07, 6.45) is -4.73. The number of alkyl halides is 5. The molecule has 21 heavy (non-hydrogen) atoms. The highest BCUT2D eigenvalue weighted by Gasteiger charge is 2.34. The molecule has 0 aromatic heterocycles. The number of nitrogens with one attached hydrogen (secondary N) is 1. The van der Waals surface area contributed by atoms with Crippen molar-refractivity contribution in [3.8, 4) is 0 Å². The maximum absolute atomic E-state index is 12.9. The molecule has 0 bridgehead atoms. The molecule has 0 spiro atoms. The number of benzene rings is 1. The minimum absolute atomic E-state index is 0.520. The van der Waals surface area contributed by atoms with Gasteiger partial charge in [-0.1, -0.05) is 18.2 Å². The molecule has 0 aliphatic heterocycles. The summed E-state index contributed by atoms with van der Waals surface area (Å²) in [4.78, 5) is 0. The molecule has 1 aromatic carbocycles. The van der Waals surface area contributed by atoms with Gasteiger partial charge in [-0.15, -0.1) is 0 Å². The Balaban J connectivity index is 2.91. The smallest absolute Gasteiger partial charge is 0.325 e. The number of rotatable bonds is 6. The van der Waals surface area contributed by atoms with Crippen molar-refractivity contribution in [1.29, 1.82) is 0 Å². The molecule has 3 N–H and O–H groups in total. The molecular weight excluding hydrogens is 319 g/mol. The van der Waals surface area contributed by atoms with Crippen LogP contribution >= 0.6 is 0 Å². The van der Waals surface area contributed by atoms with Gasteiger partial charge in [0.05, 0.1) is 24.4 Å². The van der Waals surface area contributed by atoms with Crippen LogP contribution in [-0.2, 0) is 22.0 Å². The fourth-order valence-electron chi connectivity index (χ4n) is 1.47. The van der Waals surface area contributed by atoms with E-state index in [9.17, 15) is 30.4 Å². The van der Waals surface area contributed by atoms with E-state index < -0.39 is 52.1 Å². The van der Waals surface area contributed by atoms with Gasteiger partial charge in [0.2, 0.25) is 10.0 Å². The minimum Gasteiger partial charge on any atom is -0.325 e. The van der Waals surface area contributed by atoms with Gasteiger partial charge in [0.25, 0.3) is 5.92 Å². The van der Waals surface area contributed by atoms with Gasteiger partial charge in [-0.3, -0.25) is 0 Å². The van der Waals surface area contributed by atoms with Crippen LogP contribution in [0.15, 0.2) is 24.3 Å². The van der Waals surface area contributed by atoms with E-state index in [-0.39, 0.29) is 0 Å². The number of hydrogen-bond donors (Lipinski definition) is 2. The topological polar surface area (TPSA) is 72.2 Å². The van der Waals surface area contributed by atoms with Crippen LogP contribution in [0.5, 0.6) is 0 Å². The summed E-state index contributed by atoms with van der Waals surface area (Å²) in [7, 11) is -4.35. The summed E-state index contributed by atoms with van der Waals surface area (Å²) in [6, 6.07) is 4.03. The van der Waals surface area contributed by atoms with Crippen LogP contribution in [0.2, 0.25) is 0 Å². The van der Waals surface area contributed by atoms with Gasteiger partial charge in [-0.05, 0) is 11.6 Å². The number of hydrogen-bond acceptors (Lipinski definition) is 3. The Bertz CT molecular complexity index is 587. The summed E-state index contributed by atoms with van der Waals surface area (Å²) < 4.78 is 88.6. The third-order valence-corrected chi connectivity index (χ3v) is 3.79. The maximum atomic E-state index is 12.9. The van der Waals surface area contributed by atoms with E-state index in [1.807, 2.05) is 0 Å². The first-order chi connectivity index (χ1) is 9.47. The van der Waals surface area contributed by atoms with Crippen molar-refractivity contribution in [2.75, 3.05) is 13.1 Å². The van der Waals surface area contributed by atoms with Gasteiger partial charge in [-0.2, -0.15) is 13.2 Å². The van der Waals surface area contributed by atoms with Crippen LogP contribution in [0.1, 0.15) is 11.1 Å². The van der Waals surface area contributed by atoms with E-state index in [1.165, 1.54) is 6.07 Å². The van der Waals surface area contributed by atoms with Crippen LogP contribution in [0.3, 0.4) is 0 Å². The molecule has 120 valence electrons. The molecule has 0 heterocycles. The molecule has 0 fully saturated rings.